The van der Waals surface area contributed by atoms with Gasteiger partial charge in [-0.15, -0.1) is 0 Å². The summed E-state index contributed by atoms with van der Waals surface area (Å²) in [6.07, 6.45) is -0.919. The number of aliphatic hydroxyl groups excluding tert-OH is 1. The fourth-order valence-corrected chi connectivity index (χ4v) is 4.42. The summed E-state index contributed by atoms with van der Waals surface area (Å²) in [5.74, 6) is -0.0259. The summed E-state index contributed by atoms with van der Waals surface area (Å²) < 4.78 is 11.1. The summed E-state index contributed by atoms with van der Waals surface area (Å²) in [5.41, 5.74) is 4.03. The van der Waals surface area contributed by atoms with E-state index in [1.54, 1.807) is 20.8 Å². The number of carbonyl (C=O) groups is 2. The number of amides is 2. The van der Waals surface area contributed by atoms with Crippen LogP contribution < -0.4 is 0 Å². The Morgan fingerprint density at radius 3 is 2.12 bits per heavy atom. The maximum Gasteiger partial charge on any atom is 0.410 e. The average Bonchev–Trinajstić information content (AvgIpc) is 3.09. The van der Waals surface area contributed by atoms with Gasteiger partial charge in [0.05, 0.1) is 12.6 Å². The molecule has 1 saturated heterocycles. The number of hydrogen-bond acceptors (Lipinski definition) is 5. The van der Waals surface area contributed by atoms with Crippen LogP contribution in [0.4, 0.5) is 9.59 Å². The molecule has 7 heteroatoms. The zero-order chi connectivity index (χ0) is 22.9. The molecule has 2 aliphatic rings. The second-order valence-corrected chi connectivity index (χ2v) is 9.26. The third-order valence-electron chi connectivity index (χ3n) is 5.92. The molecule has 0 bridgehead atoms. The van der Waals surface area contributed by atoms with E-state index >= 15 is 0 Å². The summed E-state index contributed by atoms with van der Waals surface area (Å²) >= 11 is 0. The largest absolute Gasteiger partial charge is 0.448 e. The van der Waals surface area contributed by atoms with E-state index in [1.165, 1.54) is 20.9 Å². The lowest BCUT2D eigenvalue weighted by atomic mass is 9.98. The Hall–Kier alpha value is -3.06. The number of fused-ring (bicyclic) bond motifs is 3. The van der Waals surface area contributed by atoms with Crippen LogP contribution in [0.2, 0.25) is 0 Å². The van der Waals surface area contributed by atoms with Gasteiger partial charge in [0.2, 0.25) is 0 Å². The highest BCUT2D eigenvalue weighted by Gasteiger charge is 2.36. The highest BCUT2D eigenvalue weighted by atomic mass is 16.6. The third kappa shape index (κ3) is 4.43. The van der Waals surface area contributed by atoms with Crippen molar-refractivity contribution < 1.29 is 24.2 Å². The van der Waals surface area contributed by atoms with Gasteiger partial charge in [-0.3, -0.25) is 4.90 Å². The van der Waals surface area contributed by atoms with Crippen molar-refractivity contribution in [3.05, 3.63) is 59.7 Å². The van der Waals surface area contributed by atoms with Crippen molar-refractivity contribution >= 4 is 12.2 Å². The number of hydrogen-bond donors (Lipinski definition) is 1. The summed E-state index contributed by atoms with van der Waals surface area (Å²) in [4.78, 5) is 28.3. The second-order valence-electron chi connectivity index (χ2n) is 9.26. The minimum absolute atomic E-state index is 0.0259. The van der Waals surface area contributed by atoms with Crippen molar-refractivity contribution in [2.75, 3.05) is 32.8 Å². The first-order valence-corrected chi connectivity index (χ1v) is 11.0. The van der Waals surface area contributed by atoms with Crippen LogP contribution in [0.5, 0.6) is 0 Å². The number of nitrogens with zero attached hydrogens (tertiary/aromatic N) is 2. The Labute approximate surface area is 188 Å². The van der Waals surface area contributed by atoms with Crippen LogP contribution in [-0.4, -0.2) is 71.6 Å². The lowest BCUT2D eigenvalue weighted by molar-refractivity contribution is -0.00604. The van der Waals surface area contributed by atoms with Crippen molar-refractivity contribution in [2.45, 2.75) is 38.3 Å². The molecule has 0 saturated carbocycles. The molecule has 1 fully saturated rings. The van der Waals surface area contributed by atoms with Gasteiger partial charge < -0.3 is 19.5 Å². The molecule has 0 radical (unpaired) electrons. The second kappa shape index (κ2) is 8.82. The van der Waals surface area contributed by atoms with Crippen LogP contribution in [0.15, 0.2) is 48.5 Å². The van der Waals surface area contributed by atoms with E-state index in [9.17, 15) is 14.7 Å². The lowest BCUT2D eigenvalue weighted by Gasteiger charge is -2.40. The smallest absolute Gasteiger partial charge is 0.410 e. The van der Waals surface area contributed by atoms with Crippen molar-refractivity contribution in [1.29, 1.82) is 0 Å². The van der Waals surface area contributed by atoms with Crippen molar-refractivity contribution in [3.63, 3.8) is 0 Å². The number of aliphatic hydroxyl groups is 1. The molecular formula is C25H30N2O5. The summed E-state index contributed by atoms with van der Waals surface area (Å²) in [6.45, 7) is 6.19. The van der Waals surface area contributed by atoms with Gasteiger partial charge >= 0.3 is 12.2 Å². The van der Waals surface area contributed by atoms with Gasteiger partial charge in [-0.1, -0.05) is 48.5 Å². The molecule has 1 aliphatic carbocycles. The molecule has 4 rings (SSSR count). The number of ether oxygens (including phenoxy) is 2. The van der Waals surface area contributed by atoms with E-state index < -0.39 is 23.8 Å². The highest BCUT2D eigenvalue weighted by Crippen LogP contribution is 2.44. The predicted octanol–water partition coefficient (Wildman–Crippen LogP) is 3.85. The van der Waals surface area contributed by atoms with Gasteiger partial charge in [0.15, 0.2) is 0 Å². The molecule has 1 heterocycles. The summed E-state index contributed by atoms with van der Waals surface area (Å²) in [5, 5.41) is 9.85. The predicted molar refractivity (Wildman–Crippen MR) is 120 cm³/mol. The van der Waals surface area contributed by atoms with E-state index in [-0.39, 0.29) is 32.2 Å². The molecule has 0 aromatic heterocycles. The first-order valence-electron chi connectivity index (χ1n) is 11.0. The first-order chi connectivity index (χ1) is 15.3. The molecule has 1 N–H and O–H groups in total. The van der Waals surface area contributed by atoms with E-state index in [4.69, 9.17) is 9.47 Å². The van der Waals surface area contributed by atoms with Crippen LogP contribution in [0.25, 0.3) is 11.1 Å². The standard InChI is InChI=1S/C25H30N2O5/c1-25(2,3)32-23(29)26-12-13-27(17(14-26)15-28)24(30)31-16-22-20-10-6-4-8-18(20)19-9-5-7-11-21(19)22/h4-11,17,22,28H,12-16H2,1-3H3/t17-/m0/s1. The molecule has 2 aromatic rings. The molecule has 0 unspecified atom stereocenters. The van der Waals surface area contributed by atoms with Gasteiger partial charge in [0.25, 0.3) is 0 Å². The summed E-state index contributed by atoms with van der Waals surface area (Å²) in [7, 11) is 0. The van der Waals surface area contributed by atoms with E-state index in [0.717, 1.165) is 11.1 Å². The SMILES string of the molecule is CC(C)(C)OC(=O)N1CCN(C(=O)OCC2c3ccccc3-c3ccccc32)[C@H](CO)C1. The minimum atomic E-state index is -0.601. The number of piperazine rings is 1. The van der Waals surface area contributed by atoms with Gasteiger partial charge in [-0.2, -0.15) is 0 Å². The van der Waals surface area contributed by atoms with E-state index in [0.29, 0.717) is 6.54 Å². The lowest BCUT2D eigenvalue weighted by Crippen LogP contribution is -2.58. The van der Waals surface area contributed by atoms with Crippen molar-refractivity contribution in [2.24, 2.45) is 0 Å². The van der Waals surface area contributed by atoms with E-state index in [2.05, 4.69) is 24.3 Å². The van der Waals surface area contributed by atoms with Gasteiger partial charge in [-0.05, 0) is 43.0 Å². The fraction of sp³-hybridized carbons (Fsp3) is 0.440. The van der Waals surface area contributed by atoms with Crippen LogP contribution in [-0.2, 0) is 9.47 Å². The highest BCUT2D eigenvalue weighted by molar-refractivity contribution is 5.79. The third-order valence-corrected chi connectivity index (χ3v) is 5.92. The Morgan fingerprint density at radius 2 is 1.56 bits per heavy atom. The van der Waals surface area contributed by atoms with Crippen LogP contribution in [0.3, 0.4) is 0 Å². The van der Waals surface area contributed by atoms with Crippen LogP contribution >= 0.6 is 0 Å². The van der Waals surface area contributed by atoms with Crippen molar-refractivity contribution in [1.82, 2.24) is 9.80 Å². The summed E-state index contributed by atoms with van der Waals surface area (Å²) in [6, 6.07) is 15.8. The monoisotopic (exact) mass is 438 g/mol. The zero-order valence-electron chi connectivity index (χ0n) is 18.8. The maximum absolute atomic E-state index is 12.9. The molecule has 32 heavy (non-hydrogen) atoms. The molecule has 1 aliphatic heterocycles. The Morgan fingerprint density at radius 1 is 0.969 bits per heavy atom. The molecule has 0 spiro atoms. The van der Waals surface area contributed by atoms with Crippen LogP contribution in [0, 0.1) is 0 Å². The quantitative estimate of drug-likeness (QED) is 0.788. The minimum Gasteiger partial charge on any atom is -0.448 e. The van der Waals surface area contributed by atoms with E-state index in [1.807, 2.05) is 24.3 Å². The van der Waals surface area contributed by atoms with Gasteiger partial charge in [-0.25, -0.2) is 9.59 Å². The molecule has 7 nitrogen and oxygen atoms in total. The number of rotatable bonds is 3. The molecule has 170 valence electrons. The van der Waals surface area contributed by atoms with Crippen molar-refractivity contribution in [3.8, 4) is 11.1 Å². The number of carbonyl (C=O) groups excluding carboxylic acids is 2. The average molecular weight is 439 g/mol. The Kier molecular flexibility index (Phi) is 6.11. The fourth-order valence-electron chi connectivity index (χ4n) is 4.42. The molecule has 2 amide bonds. The Bertz CT molecular complexity index is 954. The normalized spacial score (nSPS) is 18.2. The first kappa shape index (κ1) is 22.1. The maximum atomic E-state index is 12.9. The van der Waals surface area contributed by atoms with Gasteiger partial charge in [0.1, 0.15) is 12.2 Å². The molecule has 2 aromatic carbocycles. The zero-order valence-corrected chi connectivity index (χ0v) is 18.8. The molecular weight excluding hydrogens is 408 g/mol. The van der Waals surface area contributed by atoms with Gasteiger partial charge in [0, 0.05) is 25.6 Å². The van der Waals surface area contributed by atoms with Crippen LogP contribution in [0.1, 0.15) is 37.8 Å². The molecule has 1 atom stereocenters. The topological polar surface area (TPSA) is 79.3 Å². The Balaban J connectivity index is 1.41. The number of benzene rings is 2.